The molecule has 1 amide bonds. The van der Waals surface area contributed by atoms with Crippen molar-refractivity contribution in [1.29, 1.82) is 0 Å². The van der Waals surface area contributed by atoms with E-state index in [0.717, 1.165) is 15.3 Å². The Hall–Kier alpha value is -2.62. The molecule has 178 valence electrons. The molecule has 0 aliphatic heterocycles. The zero-order valence-corrected chi connectivity index (χ0v) is 20.9. The van der Waals surface area contributed by atoms with E-state index in [1.165, 1.54) is 11.3 Å². The number of pyridine rings is 1. The minimum absolute atomic E-state index is 0.0896. The number of nitrogens with one attached hydrogen (secondary N) is 1. The predicted octanol–water partition coefficient (Wildman–Crippen LogP) is 4.60. The number of carbonyl (C=O) groups is 1. The number of nitrogens with zero attached hydrogens (tertiary/aromatic N) is 2. The first-order valence-corrected chi connectivity index (χ1v) is 12.0. The predicted molar refractivity (Wildman–Crippen MR) is 135 cm³/mol. The fourth-order valence-corrected chi connectivity index (χ4v) is 5.10. The van der Waals surface area contributed by atoms with Crippen LogP contribution in [0, 0.1) is 0 Å². The largest absolute Gasteiger partial charge is 0.447 e. The SMILES string of the molecule is CN(Cc1cc2c(=O)c(C(=O)NCc3ccc(Cl)cc3)cn(C)c2s1)CC(O)c1ccc(Cl)o1. The van der Waals surface area contributed by atoms with Crippen LogP contribution in [0.15, 0.2) is 57.9 Å². The number of aromatic nitrogens is 1. The Bertz CT molecular complexity index is 1380. The van der Waals surface area contributed by atoms with E-state index in [1.54, 1.807) is 35.0 Å². The molecule has 1 atom stereocenters. The molecule has 1 aromatic carbocycles. The van der Waals surface area contributed by atoms with Gasteiger partial charge in [0.05, 0.1) is 5.39 Å². The first kappa shape index (κ1) is 24.5. The molecule has 0 aliphatic carbocycles. The van der Waals surface area contributed by atoms with Gasteiger partial charge in [-0.05, 0) is 54.5 Å². The number of aliphatic hydroxyl groups excluding tert-OH is 1. The van der Waals surface area contributed by atoms with Crippen LogP contribution in [0.1, 0.15) is 32.7 Å². The Morgan fingerprint density at radius 2 is 1.97 bits per heavy atom. The second-order valence-electron chi connectivity index (χ2n) is 8.08. The molecule has 0 radical (unpaired) electrons. The molecule has 3 aromatic heterocycles. The first-order chi connectivity index (χ1) is 16.2. The molecular weight excluding hydrogens is 497 g/mol. The van der Waals surface area contributed by atoms with Crippen molar-refractivity contribution in [3.05, 3.63) is 90.9 Å². The third-order valence-electron chi connectivity index (χ3n) is 5.34. The summed E-state index contributed by atoms with van der Waals surface area (Å²) in [5.41, 5.74) is 0.666. The summed E-state index contributed by atoms with van der Waals surface area (Å²) in [5.74, 6) is -0.0294. The molecule has 0 fully saturated rings. The van der Waals surface area contributed by atoms with Crippen LogP contribution in [-0.4, -0.2) is 34.1 Å². The number of likely N-dealkylation sites (N-methyl/N-ethyl adjacent to an activating group) is 1. The second kappa shape index (κ2) is 10.3. The van der Waals surface area contributed by atoms with Gasteiger partial charge in [-0.1, -0.05) is 23.7 Å². The summed E-state index contributed by atoms with van der Waals surface area (Å²) < 4.78 is 7.06. The number of thiophene rings is 1. The molecule has 4 rings (SSSR count). The number of hydrogen-bond donors (Lipinski definition) is 2. The lowest BCUT2D eigenvalue weighted by molar-refractivity contribution is 0.0949. The summed E-state index contributed by atoms with van der Waals surface area (Å²) in [6, 6.07) is 12.2. The van der Waals surface area contributed by atoms with Gasteiger partial charge in [-0.25, -0.2) is 0 Å². The van der Waals surface area contributed by atoms with Gasteiger partial charge in [-0.3, -0.25) is 14.5 Å². The molecule has 0 bridgehead atoms. The number of benzene rings is 1. The van der Waals surface area contributed by atoms with Crippen molar-refractivity contribution >= 4 is 50.7 Å². The van der Waals surface area contributed by atoms with Crippen LogP contribution in [0.4, 0.5) is 0 Å². The zero-order valence-electron chi connectivity index (χ0n) is 18.5. The fraction of sp³-hybridized carbons (Fsp3) is 0.250. The van der Waals surface area contributed by atoms with Crippen LogP contribution in [0.25, 0.3) is 10.2 Å². The molecule has 4 aromatic rings. The van der Waals surface area contributed by atoms with E-state index in [0.29, 0.717) is 35.8 Å². The molecule has 3 heterocycles. The monoisotopic (exact) mass is 519 g/mol. The Morgan fingerprint density at radius 3 is 2.65 bits per heavy atom. The number of hydrogen-bond acceptors (Lipinski definition) is 6. The van der Waals surface area contributed by atoms with Gasteiger partial charge in [0.15, 0.2) is 5.22 Å². The summed E-state index contributed by atoms with van der Waals surface area (Å²) in [7, 11) is 3.68. The Labute approximate surface area is 210 Å². The van der Waals surface area contributed by atoms with E-state index in [-0.39, 0.29) is 16.2 Å². The number of carbonyl (C=O) groups excluding carboxylic acids is 1. The summed E-state index contributed by atoms with van der Waals surface area (Å²) in [6.45, 7) is 1.13. The number of fused-ring (bicyclic) bond motifs is 1. The Kier molecular flexibility index (Phi) is 7.45. The topological polar surface area (TPSA) is 87.7 Å². The maximum Gasteiger partial charge on any atom is 0.257 e. The van der Waals surface area contributed by atoms with Gasteiger partial charge in [0.2, 0.25) is 5.43 Å². The highest BCUT2D eigenvalue weighted by Gasteiger charge is 2.19. The first-order valence-electron chi connectivity index (χ1n) is 10.5. The number of aliphatic hydroxyl groups is 1. The quantitative estimate of drug-likeness (QED) is 0.355. The molecule has 2 N–H and O–H groups in total. The van der Waals surface area contributed by atoms with E-state index < -0.39 is 12.0 Å². The van der Waals surface area contributed by atoms with Crippen LogP contribution in [-0.2, 0) is 20.1 Å². The van der Waals surface area contributed by atoms with E-state index >= 15 is 0 Å². The van der Waals surface area contributed by atoms with Gasteiger partial charge in [0.25, 0.3) is 5.91 Å². The highest BCUT2D eigenvalue weighted by Crippen LogP contribution is 2.26. The molecule has 0 spiro atoms. The molecule has 7 nitrogen and oxygen atoms in total. The van der Waals surface area contributed by atoms with Crippen molar-refractivity contribution in [2.75, 3.05) is 13.6 Å². The minimum atomic E-state index is -0.825. The average molecular weight is 520 g/mol. The van der Waals surface area contributed by atoms with Crippen molar-refractivity contribution in [2.45, 2.75) is 19.2 Å². The van der Waals surface area contributed by atoms with Gasteiger partial charge in [0, 0.05) is 42.8 Å². The van der Waals surface area contributed by atoms with E-state index in [1.807, 2.05) is 37.2 Å². The average Bonchev–Trinajstić information content (AvgIpc) is 3.42. The Morgan fingerprint density at radius 1 is 1.24 bits per heavy atom. The van der Waals surface area contributed by atoms with Crippen LogP contribution in [0.3, 0.4) is 0 Å². The van der Waals surface area contributed by atoms with Crippen LogP contribution >= 0.6 is 34.5 Å². The van der Waals surface area contributed by atoms with Gasteiger partial charge in [-0.2, -0.15) is 0 Å². The van der Waals surface area contributed by atoms with Crippen LogP contribution < -0.4 is 10.7 Å². The van der Waals surface area contributed by atoms with Gasteiger partial charge < -0.3 is 19.4 Å². The third kappa shape index (κ3) is 5.54. The fourth-order valence-electron chi connectivity index (χ4n) is 3.65. The molecule has 0 saturated carbocycles. The number of furan rings is 1. The number of aryl methyl sites for hydroxylation is 1. The highest BCUT2D eigenvalue weighted by molar-refractivity contribution is 7.18. The summed E-state index contributed by atoms with van der Waals surface area (Å²) >= 11 is 13.2. The lowest BCUT2D eigenvalue weighted by Crippen LogP contribution is -2.29. The second-order valence-corrected chi connectivity index (χ2v) is 10.0. The summed E-state index contributed by atoms with van der Waals surface area (Å²) in [4.78, 5) is 29.5. The van der Waals surface area contributed by atoms with Gasteiger partial charge in [-0.15, -0.1) is 11.3 Å². The van der Waals surface area contributed by atoms with Crippen LogP contribution in [0.5, 0.6) is 0 Å². The number of rotatable bonds is 8. The summed E-state index contributed by atoms with van der Waals surface area (Å²) in [5, 5.41) is 14.5. The minimum Gasteiger partial charge on any atom is -0.447 e. The number of halogens is 2. The molecular formula is C24H23Cl2N3O4S. The van der Waals surface area contributed by atoms with Crippen molar-refractivity contribution in [2.24, 2.45) is 7.05 Å². The number of amides is 1. The third-order valence-corrected chi connectivity index (χ3v) is 7.01. The molecule has 1 unspecified atom stereocenters. The van der Waals surface area contributed by atoms with Crippen LogP contribution in [0.2, 0.25) is 10.2 Å². The lowest BCUT2D eigenvalue weighted by atomic mass is 10.2. The Balaban J connectivity index is 1.48. The molecule has 34 heavy (non-hydrogen) atoms. The van der Waals surface area contributed by atoms with E-state index in [4.69, 9.17) is 27.6 Å². The highest BCUT2D eigenvalue weighted by atomic mass is 35.5. The maximum atomic E-state index is 13.1. The maximum absolute atomic E-state index is 13.1. The smallest absolute Gasteiger partial charge is 0.257 e. The van der Waals surface area contributed by atoms with Crippen molar-refractivity contribution < 1.29 is 14.3 Å². The van der Waals surface area contributed by atoms with Crippen molar-refractivity contribution in [3.63, 3.8) is 0 Å². The van der Waals surface area contributed by atoms with Crippen molar-refractivity contribution in [1.82, 2.24) is 14.8 Å². The molecule has 0 aliphatic rings. The normalized spacial score (nSPS) is 12.4. The van der Waals surface area contributed by atoms with Crippen molar-refractivity contribution in [3.8, 4) is 0 Å². The van der Waals surface area contributed by atoms with Gasteiger partial charge >= 0.3 is 0 Å². The molecule has 0 saturated heterocycles. The zero-order chi connectivity index (χ0) is 24.4. The van der Waals surface area contributed by atoms with E-state index in [9.17, 15) is 14.7 Å². The molecule has 10 heteroatoms. The van der Waals surface area contributed by atoms with Gasteiger partial charge in [0.1, 0.15) is 22.3 Å². The van der Waals surface area contributed by atoms with E-state index in [2.05, 4.69) is 5.32 Å². The lowest BCUT2D eigenvalue weighted by Gasteiger charge is -2.18. The standard InChI is InChI=1S/C24H23Cl2N3O4S/c1-28(13-19(30)20-7-8-21(26)33-20)11-16-9-17-22(31)18(12-29(2)24(17)34-16)23(32)27-10-14-3-5-15(25)6-4-14/h3-9,12,19,30H,10-11,13H2,1-2H3,(H,27,32). The summed E-state index contributed by atoms with van der Waals surface area (Å²) in [6.07, 6.45) is 0.741.